The van der Waals surface area contributed by atoms with Crippen LogP contribution in [0.5, 0.6) is 11.5 Å². The molecule has 1 aromatic carbocycles. The second-order valence-electron chi connectivity index (χ2n) is 7.18. The van der Waals surface area contributed by atoms with Crippen molar-refractivity contribution < 1.29 is 9.47 Å². The maximum absolute atomic E-state index is 5.78. The van der Waals surface area contributed by atoms with Crippen LogP contribution in [0.1, 0.15) is 65.7 Å². The zero-order valence-electron chi connectivity index (χ0n) is 17.1. The lowest BCUT2D eigenvalue weighted by Crippen LogP contribution is -2.02. The molecule has 2 aromatic rings. The second-order valence-corrected chi connectivity index (χ2v) is 7.18. The van der Waals surface area contributed by atoms with E-state index in [-0.39, 0.29) is 0 Å². The molecule has 0 saturated heterocycles. The third kappa shape index (κ3) is 7.98. The van der Waals surface area contributed by atoms with E-state index in [0.717, 1.165) is 49.0 Å². The number of hydrogen-bond acceptors (Lipinski definition) is 4. The van der Waals surface area contributed by atoms with Crippen LogP contribution in [-0.2, 0) is 0 Å². The fourth-order valence-electron chi connectivity index (χ4n) is 2.78. The van der Waals surface area contributed by atoms with E-state index >= 15 is 0 Å². The molecule has 0 aliphatic rings. The second kappa shape index (κ2) is 12.3. The van der Waals surface area contributed by atoms with Crippen molar-refractivity contribution in [3.63, 3.8) is 0 Å². The van der Waals surface area contributed by atoms with Crippen molar-refractivity contribution in [3.05, 3.63) is 36.7 Å². The Hall–Kier alpha value is -2.10. The third-order valence-corrected chi connectivity index (χ3v) is 4.81. The van der Waals surface area contributed by atoms with Crippen LogP contribution in [-0.4, -0.2) is 23.2 Å². The summed E-state index contributed by atoms with van der Waals surface area (Å²) in [7, 11) is 0. The first-order valence-electron chi connectivity index (χ1n) is 10.4. The van der Waals surface area contributed by atoms with Crippen molar-refractivity contribution in [2.24, 2.45) is 5.92 Å². The average molecular weight is 371 g/mol. The Morgan fingerprint density at radius 1 is 0.815 bits per heavy atom. The van der Waals surface area contributed by atoms with Gasteiger partial charge in [0.05, 0.1) is 25.6 Å². The Morgan fingerprint density at radius 3 is 2.15 bits per heavy atom. The topological polar surface area (TPSA) is 44.2 Å². The van der Waals surface area contributed by atoms with Gasteiger partial charge in [0.1, 0.15) is 5.75 Å². The molecule has 0 radical (unpaired) electrons. The van der Waals surface area contributed by atoms with Gasteiger partial charge in [-0.25, -0.2) is 9.97 Å². The molecule has 148 valence electrons. The molecule has 0 fully saturated rings. The maximum atomic E-state index is 5.78. The van der Waals surface area contributed by atoms with Gasteiger partial charge in [0.15, 0.2) is 11.6 Å². The van der Waals surface area contributed by atoms with Gasteiger partial charge >= 0.3 is 0 Å². The third-order valence-electron chi connectivity index (χ3n) is 4.81. The monoisotopic (exact) mass is 370 g/mol. The van der Waals surface area contributed by atoms with Crippen LogP contribution in [0.25, 0.3) is 11.4 Å². The zero-order chi connectivity index (χ0) is 19.3. The molecule has 1 atom stereocenters. The van der Waals surface area contributed by atoms with E-state index in [9.17, 15) is 0 Å². The number of aromatic nitrogens is 2. The van der Waals surface area contributed by atoms with E-state index in [1.54, 1.807) is 12.4 Å². The summed E-state index contributed by atoms with van der Waals surface area (Å²) in [5, 5.41) is 0. The Morgan fingerprint density at radius 2 is 1.48 bits per heavy atom. The first-order chi connectivity index (χ1) is 13.2. The summed E-state index contributed by atoms with van der Waals surface area (Å²) in [5.74, 6) is 3.10. The Kier molecular flexibility index (Phi) is 9.67. The van der Waals surface area contributed by atoms with Crippen molar-refractivity contribution in [2.45, 2.75) is 65.7 Å². The molecular weight excluding hydrogens is 336 g/mol. The van der Waals surface area contributed by atoms with Crippen LogP contribution in [0.15, 0.2) is 36.7 Å². The van der Waals surface area contributed by atoms with Gasteiger partial charge in [0.2, 0.25) is 0 Å². The highest BCUT2D eigenvalue weighted by Crippen LogP contribution is 2.21. The smallest absolute Gasteiger partial charge is 0.159 e. The number of benzene rings is 1. The minimum atomic E-state index is 0.705. The molecular formula is C23H34N2O2. The lowest BCUT2D eigenvalue weighted by molar-refractivity contribution is 0.292. The summed E-state index contributed by atoms with van der Waals surface area (Å²) in [6.07, 6.45) is 11.9. The minimum Gasteiger partial charge on any atom is -0.494 e. The Labute approximate surface area is 164 Å². The molecule has 0 bridgehead atoms. The van der Waals surface area contributed by atoms with E-state index in [2.05, 4.69) is 30.7 Å². The van der Waals surface area contributed by atoms with Crippen LogP contribution in [0.2, 0.25) is 0 Å². The number of hydrogen-bond donors (Lipinski definition) is 0. The molecule has 1 unspecified atom stereocenters. The summed E-state index contributed by atoms with van der Waals surface area (Å²) in [5.41, 5.74) is 0.983. The van der Waals surface area contributed by atoms with Gasteiger partial charge in [-0.15, -0.1) is 0 Å². The molecule has 1 aromatic heterocycles. The fourth-order valence-corrected chi connectivity index (χ4v) is 2.78. The van der Waals surface area contributed by atoms with Crippen LogP contribution in [0.4, 0.5) is 0 Å². The van der Waals surface area contributed by atoms with Gasteiger partial charge in [0, 0.05) is 5.56 Å². The van der Waals surface area contributed by atoms with Gasteiger partial charge in [-0.2, -0.15) is 0 Å². The average Bonchev–Trinajstić information content (AvgIpc) is 2.72. The maximum Gasteiger partial charge on any atom is 0.159 e. The highest BCUT2D eigenvalue weighted by Gasteiger charge is 2.04. The van der Waals surface area contributed by atoms with Crippen LogP contribution < -0.4 is 9.47 Å². The van der Waals surface area contributed by atoms with Gasteiger partial charge in [-0.05, 0) is 49.4 Å². The number of nitrogens with zero attached hydrogens (tertiary/aromatic N) is 2. The predicted molar refractivity (Wildman–Crippen MR) is 111 cm³/mol. The van der Waals surface area contributed by atoms with Gasteiger partial charge in [-0.1, -0.05) is 46.5 Å². The molecule has 1 heterocycles. The largest absolute Gasteiger partial charge is 0.494 e. The molecule has 2 rings (SSSR count). The first kappa shape index (κ1) is 21.2. The van der Waals surface area contributed by atoms with E-state index < -0.39 is 0 Å². The van der Waals surface area contributed by atoms with Crippen molar-refractivity contribution in [3.8, 4) is 22.9 Å². The van der Waals surface area contributed by atoms with Gasteiger partial charge in [-0.3, -0.25) is 0 Å². The Bertz CT molecular complexity index is 626. The lowest BCUT2D eigenvalue weighted by atomic mass is 10.0. The lowest BCUT2D eigenvalue weighted by Gasteiger charge is -2.09. The van der Waals surface area contributed by atoms with Crippen LogP contribution in [0.3, 0.4) is 0 Å². The Balaban J connectivity index is 1.77. The first-order valence-corrected chi connectivity index (χ1v) is 10.4. The van der Waals surface area contributed by atoms with Gasteiger partial charge in [0.25, 0.3) is 0 Å². The molecule has 4 heteroatoms. The molecule has 0 spiro atoms. The van der Waals surface area contributed by atoms with Crippen molar-refractivity contribution >= 4 is 0 Å². The quantitative estimate of drug-likeness (QED) is 0.388. The van der Waals surface area contributed by atoms with Crippen molar-refractivity contribution in [2.75, 3.05) is 13.2 Å². The molecule has 0 amide bonds. The summed E-state index contributed by atoms with van der Waals surface area (Å²) in [6, 6.07) is 7.97. The van der Waals surface area contributed by atoms with Crippen molar-refractivity contribution in [1.82, 2.24) is 9.97 Å². The highest BCUT2D eigenvalue weighted by atomic mass is 16.5. The van der Waals surface area contributed by atoms with Crippen molar-refractivity contribution in [1.29, 1.82) is 0 Å². The predicted octanol–water partition coefficient (Wildman–Crippen LogP) is 6.31. The number of rotatable bonds is 13. The normalized spacial score (nSPS) is 12.0. The summed E-state index contributed by atoms with van der Waals surface area (Å²) in [4.78, 5) is 8.86. The summed E-state index contributed by atoms with van der Waals surface area (Å²) >= 11 is 0. The van der Waals surface area contributed by atoms with E-state index in [0.29, 0.717) is 5.82 Å². The van der Waals surface area contributed by atoms with Gasteiger partial charge < -0.3 is 9.47 Å². The number of ether oxygens (including phenoxy) is 2. The molecule has 0 aliphatic heterocycles. The minimum absolute atomic E-state index is 0.705. The standard InChI is InChI=1S/C23H34N2O2/c1-4-6-7-8-15-26-21-13-11-20(12-14-21)23-24-17-22(18-25-23)27-16-9-10-19(3)5-2/h11-14,17-19H,4-10,15-16H2,1-3H3. The summed E-state index contributed by atoms with van der Waals surface area (Å²) in [6.45, 7) is 8.22. The van der Waals surface area contributed by atoms with E-state index in [4.69, 9.17) is 9.47 Å². The fraction of sp³-hybridized carbons (Fsp3) is 0.565. The molecule has 0 saturated carbocycles. The molecule has 27 heavy (non-hydrogen) atoms. The zero-order valence-corrected chi connectivity index (χ0v) is 17.1. The van der Waals surface area contributed by atoms with E-state index in [1.807, 2.05) is 24.3 Å². The molecule has 0 N–H and O–H groups in total. The highest BCUT2D eigenvalue weighted by molar-refractivity contribution is 5.56. The van der Waals surface area contributed by atoms with Crippen LogP contribution >= 0.6 is 0 Å². The summed E-state index contributed by atoms with van der Waals surface area (Å²) < 4.78 is 11.5. The number of unbranched alkanes of at least 4 members (excludes halogenated alkanes) is 3. The SMILES string of the molecule is CCCCCCOc1ccc(-c2ncc(OCCCC(C)CC)cn2)cc1. The molecule has 0 aliphatic carbocycles. The van der Waals surface area contributed by atoms with Crippen LogP contribution in [0, 0.1) is 5.92 Å². The van der Waals surface area contributed by atoms with E-state index in [1.165, 1.54) is 32.1 Å². The molecule has 4 nitrogen and oxygen atoms in total.